The van der Waals surface area contributed by atoms with E-state index in [2.05, 4.69) is 26.2 Å². The molecule has 0 aliphatic carbocycles. The van der Waals surface area contributed by atoms with E-state index in [0.717, 1.165) is 11.1 Å². The second kappa shape index (κ2) is 6.20. The first kappa shape index (κ1) is 13.3. The maximum absolute atomic E-state index is 9.06. The lowest BCUT2D eigenvalue weighted by atomic mass is 10.1. The fourth-order valence-corrected chi connectivity index (χ4v) is 2.64. The number of hydrogen-bond acceptors (Lipinski definition) is 5. The summed E-state index contributed by atoms with van der Waals surface area (Å²) in [6.45, 7) is 0. The van der Waals surface area contributed by atoms with Crippen LogP contribution in [0.4, 0.5) is 0 Å². The normalized spacial score (nSPS) is 10.2. The molecule has 0 radical (unpaired) electrons. The van der Waals surface area contributed by atoms with Gasteiger partial charge in [-0.1, -0.05) is 30.0 Å². The molecule has 2 aromatic heterocycles. The van der Waals surface area contributed by atoms with Crippen molar-refractivity contribution in [2.24, 2.45) is 0 Å². The second-order valence-electron chi connectivity index (χ2n) is 4.27. The van der Waals surface area contributed by atoms with Gasteiger partial charge in [-0.2, -0.15) is 5.26 Å². The van der Waals surface area contributed by atoms with E-state index in [9.17, 15) is 0 Å². The molecule has 0 bridgehead atoms. The molecule has 3 rings (SSSR count). The highest BCUT2D eigenvalue weighted by Gasteiger charge is 2.08. The third-order valence-corrected chi connectivity index (χ3v) is 3.79. The van der Waals surface area contributed by atoms with Crippen LogP contribution in [0.25, 0.3) is 11.4 Å². The summed E-state index contributed by atoms with van der Waals surface area (Å²) in [5, 5.41) is 16.8. The van der Waals surface area contributed by atoms with Crippen LogP contribution >= 0.6 is 11.8 Å². The molecule has 6 heteroatoms. The second-order valence-corrected chi connectivity index (χ2v) is 5.21. The number of hydrogen-bond donors (Lipinski definition) is 1. The molecule has 0 spiro atoms. The van der Waals surface area contributed by atoms with Gasteiger partial charge in [0.05, 0.1) is 11.6 Å². The van der Waals surface area contributed by atoms with Crippen molar-refractivity contribution in [2.75, 3.05) is 0 Å². The van der Waals surface area contributed by atoms with Gasteiger partial charge in [0.25, 0.3) is 0 Å². The molecule has 3 aromatic rings. The maximum Gasteiger partial charge on any atom is 0.209 e. The highest BCUT2D eigenvalue weighted by molar-refractivity contribution is 7.98. The Labute approximate surface area is 126 Å². The van der Waals surface area contributed by atoms with E-state index < -0.39 is 0 Å². The molecule has 1 aromatic carbocycles. The van der Waals surface area contributed by atoms with Gasteiger partial charge in [-0.25, -0.2) is 4.98 Å². The van der Waals surface area contributed by atoms with Crippen LogP contribution in [0.2, 0.25) is 0 Å². The van der Waals surface area contributed by atoms with Gasteiger partial charge < -0.3 is 0 Å². The van der Waals surface area contributed by atoms with Gasteiger partial charge in [0, 0.05) is 23.7 Å². The minimum atomic E-state index is 0.654. The largest absolute Gasteiger partial charge is 0.264 e. The van der Waals surface area contributed by atoms with Crippen molar-refractivity contribution in [1.82, 2.24) is 20.2 Å². The minimum Gasteiger partial charge on any atom is -0.264 e. The summed E-state index contributed by atoms with van der Waals surface area (Å²) >= 11 is 1.49. The molecule has 5 nitrogen and oxygen atoms in total. The van der Waals surface area contributed by atoms with Crippen LogP contribution < -0.4 is 0 Å². The van der Waals surface area contributed by atoms with Gasteiger partial charge in [-0.05, 0) is 23.8 Å². The lowest BCUT2D eigenvalue weighted by Crippen LogP contribution is -1.87. The average Bonchev–Trinajstić information content (AvgIpc) is 3.03. The zero-order valence-corrected chi connectivity index (χ0v) is 11.8. The number of benzene rings is 1. The van der Waals surface area contributed by atoms with Crippen LogP contribution in [0.3, 0.4) is 0 Å². The molecule has 0 atom stereocenters. The number of nitriles is 1. The SMILES string of the molecule is N#Cc1ccccc1CSc1n[nH]c(-c2cccnc2)n1. The van der Waals surface area contributed by atoms with E-state index in [1.54, 1.807) is 12.4 Å². The third-order valence-electron chi connectivity index (χ3n) is 2.89. The van der Waals surface area contributed by atoms with Gasteiger partial charge in [-0.15, -0.1) is 5.10 Å². The summed E-state index contributed by atoms with van der Waals surface area (Å²) in [4.78, 5) is 8.48. The smallest absolute Gasteiger partial charge is 0.209 e. The third kappa shape index (κ3) is 3.09. The first-order valence-electron chi connectivity index (χ1n) is 6.30. The van der Waals surface area contributed by atoms with E-state index in [-0.39, 0.29) is 0 Å². The standard InChI is InChI=1S/C15H11N5S/c16-8-11-4-1-2-5-13(11)10-21-15-18-14(19-20-15)12-6-3-7-17-9-12/h1-7,9H,10H2,(H,18,19,20). The van der Waals surface area contributed by atoms with Crippen LogP contribution in [0, 0.1) is 11.3 Å². The predicted molar refractivity (Wildman–Crippen MR) is 80.3 cm³/mol. The van der Waals surface area contributed by atoms with Crippen LogP contribution in [0.15, 0.2) is 53.9 Å². The summed E-state index contributed by atoms with van der Waals surface area (Å²) < 4.78 is 0. The summed E-state index contributed by atoms with van der Waals surface area (Å²) in [7, 11) is 0. The first-order valence-corrected chi connectivity index (χ1v) is 7.29. The Balaban J connectivity index is 1.72. The minimum absolute atomic E-state index is 0.654. The monoisotopic (exact) mass is 293 g/mol. The summed E-state index contributed by atoms with van der Waals surface area (Å²) in [6, 6.07) is 13.5. The van der Waals surface area contributed by atoms with E-state index in [1.807, 2.05) is 36.4 Å². The molecule has 0 aliphatic heterocycles. The van der Waals surface area contributed by atoms with Gasteiger partial charge >= 0.3 is 0 Å². The molecular formula is C15H11N5S. The van der Waals surface area contributed by atoms with Crippen molar-refractivity contribution in [3.63, 3.8) is 0 Å². The molecule has 0 saturated carbocycles. The first-order chi connectivity index (χ1) is 10.4. The van der Waals surface area contributed by atoms with Crippen molar-refractivity contribution >= 4 is 11.8 Å². The highest BCUT2D eigenvalue weighted by Crippen LogP contribution is 2.23. The van der Waals surface area contributed by atoms with Crippen molar-refractivity contribution in [3.05, 3.63) is 59.9 Å². The van der Waals surface area contributed by atoms with Gasteiger partial charge in [0.1, 0.15) is 0 Å². The molecule has 0 fully saturated rings. The molecule has 0 amide bonds. The number of aromatic amines is 1. The number of nitrogens with zero attached hydrogens (tertiary/aromatic N) is 4. The Morgan fingerprint density at radius 3 is 2.90 bits per heavy atom. The zero-order chi connectivity index (χ0) is 14.5. The van der Waals surface area contributed by atoms with Crippen molar-refractivity contribution in [3.8, 4) is 17.5 Å². The summed E-state index contributed by atoms with van der Waals surface area (Å²) in [5.41, 5.74) is 2.57. The number of nitrogens with one attached hydrogen (secondary N) is 1. The zero-order valence-electron chi connectivity index (χ0n) is 11.0. The van der Waals surface area contributed by atoms with Gasteiger partial charge in [0.2, 0.25) is 5.16 Å². The number of rotatable bonds is 4. The Kier molecular flexibility index (Phi) is 3.94. The molecule has 0 aliphatic rings. The molecular weight excluding hydrogens is 282 g/mol. The lowest BCUT2D eigenvalue weighted by Gasteiger charge is -2.00. The van der Waals surface area contributed by atoms with Crippen LogP contribution in [-0.2, 0) is 5.75 Å². The van der Waals surface area contributed by atoms with Crippen molar-refractivity contribution in [2.45, 2.75) is 10.9 Å². The maximum atomic E-state index is 9.06. The van der Waals surface area contributed by atoms with Crippen LogP contribution in [0.5, 0.6) is 0 Å². The number of aromatic nitrogens is 4. The Hall–Kier alpha value is -2.65. The fraction of sp³-hybridized carbons (Fsp3) is 0.0667. The number of H-pyrrole nitrogens is 1. The Morgan fingerprint density at radius 1 is 1.19 bits per heavy atom. The molecule has 102 valence electrons. The predicted octanol–water partition coefficient (Wildman–Crippen LogP) is 3.03. The highest BCUT2D eigenvalue weighted by atomic mass is 32.2. The lowest BCUT2D eigenvalue weighted by molar-refractivity contribution is 0.973. The average molecular weight is 293 g/mol. The van der Waals surface area contributed by atoms with Gasteiger partial charge in [-0.3, -0.25) is 10.1 Å². The molecule has 1 N–H and O–H groups in total. The number of pyridine rings is 1. The molecule has 2 heterocycles. The van der Waals surface area contributed by atoms with Crippen LogP contribution in [0.1, 0.15) is 11.1 Å². The quantitative estimate of drug-likeness (QED) is 0.748. The Morgan fingerprint density at radius 2 is 2.10 bits per heavy atom. The molecule has 21 heavy (non-hydrogen) atoms. The van der Waals surface area contributed by atoms with E-state index in [4.69, 9.17) is 5.26 Å². The van der Waals surface area contributed by atoms with Crippen molar-refractivity contribution in [1.29, 1.82) is 5.26 Å². The fourth-order valence-electron chi connectivity index (χ4n) is 1.84. The van der Waals surface area contributed by atoms with Crippen molar-refractivity contribution < 1.29 is 0 Å². The Bertz CT molecular complexity index is 776. The molecule has 0 saturated heterocycles. The topological polar surface area (TPSA) is 78.2 Å². The van der Waals surface area contributed by atoms with Crippen LogP contribution in [-0.4, -0.2) is 20.2 Å². The summed E-state index contributed by atoms with van der Waals surface area (Å²) in [5.74, 6) is 1.35. The summed E-state index contributed by atoms with van der Waals surface area (Å²) in [6.07, 6.45) is 3.45. The van der Waals surface area contributed by atoms with Gasteiger partial charge in [0.15, 0.2) is 5.82 Å². The van der Waals surface area contributed by atoms with E-state index in [0.29, 0.717) is 22.3 Å². The van der Waals surface area contributed by atoms with E-state index in [1.165, 1.54) is 11.8 Å². The molecule has 0 unspecified atom stereocenters. The number of thioether (sulfide) groups is 1. The van der Waals surface area contributed by atoms with E-state index >= 15 is 0 Å².